The van der Waals surface area contributed by atoms with E-state index < -0.39 is 6.04 Å². The molecule has 1 saturated heterocycles. The third-order valence-corrected chi connectivity index (χ3v) is 4.03. The van der Waals surface area contributed by atoms with E-state index in [1.807, 2.05) is 32.0 Å². The van der Waals surface area contributed by atoms with Gasteiger partial charge < -0.3 is 14.8 Å². The fourth-order valence-electron chi connectivity index (χ4n) is 2.45. The van der Waals surface area contributed by atoms with Crippen LogP contribution in [0.3, 0.4) is 0 Å². The van der Waals surface area contributed by atoms with E-state index in [2.05, 4.69) is 11.4 Å². The third kappa shape index (κ3) is 4.22. The smallest absolute Gasteiger partial charge is 0.224 e. The summed E-state index contributed by atoms with van der Waals surface area (Å²) in [5, 5.41) is 11.9. The van der Waals surface area contributed by atoms with Gasteiger partial charge in [0, 0.05) is 12.5 Å². The fourth-order valence-corrected chi connectivity index (χ4v) is 2.45. The van der Waals surface area contributed by atoms with Crippen LogP contribution in [0.5, 0.6) is 5.75 Å². The number of benzene rings is 1. The van der Waals surface area contributed by atoms with E-state index in [1.165, 1.54) is 0 Å². The summed E-state index contributed by atoms with van der Waals surface area (Å²) in [6.45, 7) is 5.52. The van der Waals surface area contributed by atoms with Gasteiger partial charge in [0.25, 0.3) is 0 Å². The Balaban J connectivity index is 1.78. The topological polar surface area (TPSA) is 71.3 Å². The molecule has 0 saturated carbocycles. The molecule has 118 valence electrons. The van der Waals surface area contributed by atoms with E-state index in [1.54, 1.807) is 0 Å². The number of hydrogen-bond donors (Lipinski definition) is 1. The second-order valence-corrected chi connectivity index (χ2v) is 5.59. The first-order valence-electron chi connectivity index (χ1n) is 7.57. The van der Waals surface area contributed by atoms with E-state index in [9.17, 15) is 4.79 Å². The Labute approximate surface area is 131 Å². The number of aryl methyl sites for hydroxylation is 1. The lowest BCUT2D eigenvalue weighted by Crippen LogP contribution is -2.40. The molecule has 2 rings (SSSR count). The van der Waals surface area contributed by atoms with Gasteiger partial charge in [-0.2, -0.15) is 5.26 Å². The van der Waals surface area contributed by atoms with Crippen LogP contribution in [0.15, 0.2) is 18.2 Å². The van der Waals surface area contributed by atoms with Gasteiger partial charge >= 0.3 is 0 Å². The van der Waals surface area contributed by atoms with Crippen LogP contribution in [-0.4, -0.2) is 31.8 Å². The van der Waals surface area contributed by atoms with E-state index in [-0.39, 0.29) is 18.2 Å². The molecule has 1 heterocycles. The minimum atomic E-state index is -0.476. The van der Waals surface area contributed by atoms with Gasteiger partial charge in [0.15, 0.2) is 0 Å². The van der Waals surface area contributed by atoms with E-state index in [4.69, 9.17) is 14.7 Å². The number of nitriles is 1. The van der Waals surface area contributed by atoms with Gasteiger partial charge in [-0.15, -0.1) is 0 Å². The first kappa shape index (κ1) is 16.3. The van der Waals surface area contributed by atoms with Gasteiger partial charge in [-0.25, -0.2) is 0 Å². The molecule has 0 spiro atoms. The summed E-state index contributed by atoms with van der Waals surface area (Å²) in [5.74, 6) is 0.728. The molecular weight excluding hydrogens is 280 g/mol. The van der Waals surface area contributed by atoms with Crippen molar-refractivity contribution in [3.63, 3.8) is 0 Å². The molecule has 1 aliphatic rings. The zero-order valence-corrected chi connectivity index (χ0v) is 13.1. The maximum atomic E-state index is 11.9. The van der Waals surface area contributed by atoms with E-state index >= 15 is 0 Å². The van der Waals surface area contributed by atoms with Crippen LogP contribution >= 0.6 is 0 Å². The van der Waals surface area contributed by atoms with Crippen LogP contribution < -0.4 is 10.1 Å². The number of ether oxygens (including phenoxy) is 2. The second-order valence-electron chi connectivity index (χ2n) is 5.59. The van der Waals surface area contributed by atoms with Gasteiger partial charge in [-0.3, -0.25) is 4.79 Å². The Morgan fingerprint density at radius 3 is 3.05 bits per heavy atom. The van der Waals surface area contributed by atoms with Crippen LogP contribution in [0.2, 0.25) is 0 Å². The second kappa shape index (κ2) is 7.81. The lowest BCUT2D eigenvalue weighted by Gasteiger charge is -2.17. The molecule has 0 radical (unpaired) electrons. The highest BCUT2D eigenvalue weighted by molar-refractivity contribution is 5.76. The van der Waals surface area contributed by atoms with Gasteiger partial charge in [-0.05, 0) is 37.5 Å². The van der Waals surface area contributed by atoms with Crippen LogP contribution in [0, 0.1) is 31.1 Å². The Bertz CT molecular complexity index is 560. The van der Waals surface area contributed by atoms with Crippen LogP contribution in [0.4, 0.5) is 0 Å². The molecule has 1 amide bonds. The maximum absolute atomic E-state index is 11.9. The molecule has 1 N–H and O–H groups in total. The van der Waals surface area contributed by atoms with Gasteiger partial charge in [0.2, 0.25) is 5.91 Å². The SMILES string of the molecule is Cc1cccc(OCCC(=O)N[C@@H](C#N)[C@H]2CCOC2)c1C. The average Bonchev–Trinajstić information content (AvgIpc) is 3.03. The van der Waals surface area contributed by atoms with Crippen molar-refractivity contribution in [2.45, 2.75) is 32.7 Å². The zero-order chi connectivity index (χ0) is 15.9. The fraction of sp³-hybridized carbons (Fsp3) is 0.529. The Morgan fingerprint density at radius 1 is 1.55 bits per heavy atom. The van der Waals surface area contributed by atoms with Gasteiger partial charge in [0.05, 0.1) is 25.7 Å². The van der Waals surface area contributed by atoms with Crippen molar-refractivity contribution >= 4 is 5.91 Å². The number of carbonyl (C=O) groups is 1. The summed E-state index contributed by atoms with van der Waals surface area (Å²) in [5.41, 5.74) is 2.24. The highest BCUT2D eigenvalue weighted by atomic mass is 16.5. The van der Waals surface area contributed by atoms with Crippen molar-refractivity contribution in [1.82, 2.24) is 5.32 Å². The summed E-state index contributed by atoms with van der Waals surface area (Å²) in [4.78, 5) is 11.9. The number of nitrogens with zero attached hydrogens (tertiary/aromatic N) is 1. The molecule has 0 aromatic heterocycles. The molecule has 5 nitrogen and oxygen atoms in total. The van der Waals surface area contributed by atoms with Crippen LogP contribution in [-0.2, 0) is 9.53 Å². The summed E-state index contributed by atoms with van der Waals surface area (Å²) >= 11 is 0. The van der Waals surface area contributed by atoms with Gasteiger partial charge in [0.1, 0.15) is 11.8 Å². The summed E-state index contributed by atoms with van der Waals surface area (Å²) in [7, 11) is 0. The van der Waals surface area contributed by atoms with Crippen molar-refractivity contribution in [2.24, 2.45) is 5.92 Å². The lowest BCUT2D eigenvalue weighted by atomic mass is 10.0. The highest BCUT2D eigenvalue weighted by Gasteiger charge is 2.26. The van der Waals surface area contributed by atoms with Crippen molar-refractivity contribution < 1.29 is 14.3 Å². The Morgan fingerprint density at radius 2 is 2.36 bits per heavy atom. The summed E-state index contributed by atoms with van der Waals surface area (Å²) in [6, 6.07) is 7.53. The normalized spacial score (nSPS) is 18.5. The number of carbonyl (C=O) groups excluding carboxylic acids is 1. The maximum Gasteiger partial charge on any atom is 0.224 e. The lowest BCUT2D eigenvalue weighted by molar-refractivity contribution is -0.122. The quantitative estimate of drug-likeness (QED) is 0.873. The summed E-state index contributed by atoms with van der Waals surface area (Å²) < 4.78 is 10.9. The number of hydrogen-bond acceptors (Lipinski definition) is 4. The molecule has 0 unspecified atom stereocenters. The molecule has 22 heavy (non-hydrogen) atoms. The predicted molar refractivity (Wildman–Crippen MR) is 82.5 cm³/mol. The number of nitrogens with one attached hydrogen (secondary N) is 1. The zero-order valence-electron chi connectivity index (χ0n) is 13.1. The Hall–Kier alpha value is -2.06. The first-order chi connectivity index (χ1) is 10.6. The first-order valence-corrected chi connectivity index (χ1v) is 7.57. The molecular formula is C17H22N2O3. The molecule has 5 heteroatoms. The van der Waals surface area contributed by atoms with E-state index in [0.717, 1.165) is 23.3 Å². The molecule has 2 atom stereocenters. The molecule has 1 aromatic rings. The van der Waals surface area contributed by atoms with Crippen molar-refractivity contribution in [1.29, 1.82) is 5.26 Å². The average molecular weight is 302 g/mol. The van der Waals surface area contributed by atoms with Crippen molar-refractivity contribution in [3.8, 4) is 11.8 Å². The Kier molecular flexibility index (Phi) is 5.79. The predicted octanol–water partition coefficient (Wildman–Crippen LogP) is 2.12. The molecule has 1 aliphatic heterocycles. The number of rotatable bonds is 6. The molecule has 1 aromatic carbocycles. The van der Waals surface area contributed by atoms with E-state index in [0.29, 0.717) is 19.8 Å². The minimum absolute atomic E-state index is 0.0916. The van der Waals surface area contributed by atoms with Crippen molar-refractivity contribution in [3.05, 3.63) is 29.3 Å². The monoisotopic (exact) mass is 302 g/mol. The van der Waals surface area contributed by atoms with Gasteiger partial charge in [-0.1, -0.05) is 12.1 Å². The third-order valence-electron chi connectivity index (χ3n) is 4.03. The van der Waals surface area contributed by atoms with Crippen molar-refractivity contribution in [2.75, 3.05) is 19.8 Å². The minimum Gasteiger partial charge on any atom is -0.493 e. The highest BCUT2D eigenvalue weighted by Crippen LogP contribution is 2.20. The standard InChI is InChI=1S/C17H22N2O3/c1-12-4-3-5-16(13(12)2)22-9-7-17(20)19-15(10-18)14-6-8-21-11-14/h3-5,14-15H,6-9,11H2,1-2H3,(H,19,20)/t14-,15-/m0/s1. The molecule has 0 aliphatic carbocycles. The van der Waals surface area contributed by atoms with Crippen LogP contribution in [0.25, 0.3) is 0 Å². The number of amides is 1. The summed E-state index contributed by atoms with van der Waals surface area (Å²) in [6.07, 6.45) is 1.05. The largest absolute Gasteiger partial charge is 0.493 e. The molecule has 0 bridgehead atoms. The van der Waals surface area contributed by atoms with Crippen LogP contribution in [0.1, 0.15) is 24.0 Å². The molecule has 1 fully saturated rings.